The van der Waals surface area contributed by atoms with Crippen molar-refractivity contribution in [3.8, 4) is 0 Å². The van der Waals surface area contributed by atoms with Crippen LogP contribution in [0, 0.1) is 11.3 Å². The fourth-order valence-corrected chi connectivity index (χ4v) is 2.57. The fraction of sp³-hybridized carbons (Fsp3) is 1.00. The van der Waals surface area contributed by atoms with Crippen molar-refractivity contribution in [1.29, 1.82) is 0 Å². The van der Waals surface area contributed by atoms with Gasteiger partial charge in [0.2, 0.25) is 0 Å². The second-order valence-corrected chi connectivity index (χ2v) is 6.33. The summed E-state index contributed by atoms with van der Waals surface area (Å²) in [5.41, 5.74) is 0.0378. The van der Waals surface area contributed by atoms with Crippen molar-refractivity contribution in [2.24, 2.45) is 11.3 Å². The molecular weight excluding hydrogens is 243 g/mol. The number of nitrogens with one attached hydrogen (secondary N) is 1. The van der Waals surface area contributed by atoms with E-state index in [0.717, 1.165) is 6.42 Å². The van der Waals surface area contributed by atoms with E-state index in [9.17, 15) is 13.2 Å². The minimum absolute atomic E-state index is 0.0378. The molecule has 1 aliphatic heterocycles. The second kappa shape index (κ2) is 5.78. The van der Waals surface area contributed by atoms with Gasteiger partial charge in [0.15, 0.2) is 0 Å². The van der Waals surface area contributed by atoms with E-state index >= 15 is 0 Å². The molecule has 0 aromatic carbocycles. The maximum atomic E-state index is 12.2. The Balaban J connectivity index is 2.39. The molecule has 5 heteroatoms. The van der Waals surface area contributed by atoms with E-state index in [-0.39, 0.29) is 11.5 Å². The van der Waals surface area contributed by atoms with Crippen molar-refractivity contribution >= 4 is 0 Å². The average molecular weight is 267 g/mol. The Morgan fingerprint density at radius 3 is 2.39 bits per heavy atom. The van der Waals surface area contributed by atoms with Crippen molar-refractivity contribution in [3.05, 3.63) is 0 Å². The predicted molar refractivity (Wildman–Crippen MR) is 65.4 cm³/mol. The minimum Gasteiger partial charge on any atom is -0.377 e. The van der Waals surface area contributed by atoms with Gasteiger partial charge in [0, 0.05) is 25.1 Å². The zero-order valence-electron chi connectivity index (χ0n) is 11.6. The first kappa shape index (κ1) is 15.8. The van der Waals surface area contributed by atoms with Crippen LogP contribution in [-0.4, -0.2) is 31.5 Å². The predicted octanol–water partition coefficient (Wildman–Crippen LogP) is 3.37. The highest BCUT2D eigenvalue weighted by Gasteiger charge is 2.37. The summed E-state index contributed by atoms with van der Waals surface area (Å²) in [5.74, 6) is 0.306. The summed E-state index contributed by atoms with van der Waals surface area (Å²) in [6, 6.07) is -0.536. The summed E-state index contributed by atoms with van der Waals surface area (Å²) in [6.45, 7) is 9.20. The second-order valence-electron chi connectivity index (χ2n) is 6.33. The van der Waals surface area contributed by atoms with Gasteiger partial charge in [0.1, 0.15) is 0 Å². The number of hydrogen-bond donors (Lipinski definition) is 1. The average Bonchev–Trinajstić information content (AvgIpc) is 2.58. The van der Waals surface area contributed by atoms with E-state index in [4.69, 9.17) is 4.74 Å². The molecule has 0 aliphatic carbocycles. The molecule has 1 saturated heterocycles. The number of hydrogen-bond acceptors (Lipinski definition) is 2. The largest absolute Gasteiger partial charge is 0.390 e. The lowest BCUT2D eigenvalue weighted by Gasteiger charge is -2.32. The Labute approximate surface area is 107 Å². The van der Waals surface area contributed by atoms with Crippen LogP contribution in [0.25, 0.3) is 0 Å². The van der Waals surface area contributed by atoms with Gasteiger partial charge in [0.25, 0.3) is 0 Å². The molecule has 0 spiro atoms. The van der Waals surface area contributed by atoms with Crippen LogP contribution in [0.3, 0.4) is 0 Å². The number of alkyl halides is 3. The first-order valence-corrected chi connectivity index (χ1v) is 6.51. The first-order valence-electron chi connectivity index (χ1n) is 6.51. The van der Waals surface area contributed by atoms with Crippen LogP contribution in [0.1, 0.15) is 40.5 Å². The highest BCUT2D eigenvalue weighted by molar-refractivity contribution is 4.87. The summed E-state index contributed by atoms with van der Waals surface area (Å²) in [4.78, 5) is 0. The lowest BCUT2D eigenvalue weighted by atomic mass is 9.81. The summed E-state index contributed by atoms with van der Waals surface area (Å²) in [6.07, 6.45) is -3.82. The Morgan fingerprint density at radius 2 is 1.89 bits per heavy atom. The fourth-order valence-electron chi connectivity index (χ4n) is 2.57. The van der Waals surface area contributed by atoms with Crippen LogP contribution < -0.4 is 5.32 Å². The number of halogens is 3. The molecular formula is C13H24F3NO. The Bertz CT molecular complexity index is 260. The molecule has 0 aromatic rings. The third-order valence-corrected chi connectivity index (χ3v) is 3.33. The van der Waals surface area contributed by atoms with E-state index in [1.165, 1.54) is 0 Å². The molecule has 1 fully saturated rings. The SMILES string of the molecule is C[C@H](CC(F)(F)F)NC[C@H]1CCO[C@@H]1C(C)(C)C. The maximum Gasteiger partial charge on any atom is 0.390 e. The van der Waals surface area contributed by atoms with Crippen LogP contribution in [0.4, 0.5) is 13.2 Å². The summed E-state index contributed by atoms with van der Waals surface area (Å²) in [5, 5.41) is 2.98. The lowest BCUT2D eigenvalue weighted by Crippen LogP contribution is -2.40. The molecule has 0 radical (unpaired) electrons. The Kier molecular flexibility index (Phi) is 5.06. The minimum atomic E-state index is -4.10. The molecule has 3 atom stereocenters. The van der Waals surface area contributed by atoms with Gasteiger partial charge >= 0.3 is 6.18 Å². The van der Waals surface area contributed by atoms with E-state index in [1.54, 1.807) is 6.92 Å². The molecule has 1 rings (SSSR count). The summed E-state index contributed by atoms with van der Waals surface area (Å²) in [7, 11) is 0. The molecule has 0 amide bonds. The molecule has 1 N–H and O–H groups in total. The molecule has 18 heavy (non-hydrogen) atoms. The van der Waals surface area contributed by atoms with Gasteiger partial charge in [-0.2, -0.15) is 13.2 Å². The molecule has 1 aliphatic rings. The van der Waals surface area contributed by atoms with E-state index in [1.807, 2.05) is 0 Å². The third-order valence-electron chi connectivity index (χ3n) is 3.33. The van der Waals surface area contributed by atoms with Gasteiger partial charge in [-0.15, -0.1) is 0 Å². The molecule has 0 saturated carbocycles. The van der Waals surface area contributed by atoms with Crippen LogP contribution in [0.5, 0.6) is 0 Å². The van der Waals surface area contributed by atoms with Crippen molar-refractivity contribution in [3.63, 3.8) is 0 Å². The van der Waals surface area contributed by atoms with Crippen LogP contribution in [-0.2, 0) is 4.74 Å². The van der Waals surface area contributed by atoms with Gasteiger partial charge in [-0.1, -0.05) is 20.8 Å². The summed E-state index contributed by atoms with van der Waals surface area (Å²) >= 11 is 0. The molecule has 0 unspecified atom stereocenters. The van der Waals surface area contributed by atoms with Gasteiger partial charge in [-0.25, -0.2) is 0 Å². The molecule has 0 aromatic heterocycles. The highest BCUT2D eigenvalue weighted by atomic mass is 19.4. The normalized spacial score (nSPS) is 27.5. The standard InChI is InChI=1S/C13H24F3NO/c1-9(7-13(14,15)16)17-8-10-5-6-18-11(10)12(2,3)4/h9-11,17H,5-8H2,1-4H3/t9-,10-,11+/m1/s1. The van der Waals surface area contributed by atoms with Crippen LogP contribution in [0.2, 0.25) is 0 Å². The van der Waals surface area contributed by atoms with Crippen molar-refractivity contribution in [1.82, 2.24) is 5.32 Å². The smallest absolute Gasteiger partial charge is 0.377 e. The number of ether oxygens (including phenoxy) is 1. The first-order chi connectivity index (χ1) is 8.09. The van der Waals surface area contributed by atoms with Crippen molar-refractivity contribution in [2.75, 3.05) is 13.2 Å². The van der Waals surface area contributed by atoms with Crippen LogP contribution >= 0.6 is 0 Å². The van der Waals surface area contributed by atoms with Crippen LogP contribution in [0.15, 0.2) is 0 Å². The third kappa shape index (κ3) is 5.14. The monoisotopic (exact) mass is 267 g/mol. The Hall–Kier alpha value is -0.290. The quantitative estimate of drug-likeness (QED) is 0.843. The lowest BCUT2D eigenvalue weighted by molar-refractivity contribution is -0.139. The zero-order chi connectivity index (χ0) is 14.0. The highest BCUT2D eigenvalue weighted by Crippen LogP contribution is 2.34. The number of rotatable bonds is 4. The van der Waals surface area contributed by atoms with Crippen molar-refractivity contribution in [2.45, 2.75) is 58.9 Å². The van der Waals surface area contributed by atoms with E-state index in [0.29, 0.717) is 19.1 Å². The van der Waals surface area contributed by atoms with Gasteiger partial charge in [-0.3, -0.25) is 0 Å². The zero-order valence-corrected chi connectivity index (χ0v) is 11.6. The van der Waals surface area contributed by atoms with E-state index < -0.39 is 18.6 Å². The van der Waals surface area contributed by atoms with E-state index in [2.05, 4.69) is 26.1 Å². The topological polar surface area (TPSA) is 21.3 Å². The Morgan fingerprint density at radius 1 is 1.28 bits per heavy atom. The molecule has 108 valence electrons. The molecule has 1 heterocycles. The molecule has 0 bridgehead atoms. The van der Waals surface area contributed by atoms with Gasteiger partial charge < -0.3 is 10.1 Å². The maximum absolute atomic E-state index is 12.2. The molecule has 2 nitrogen and oxygen atoms in total. The van der Waals surface area contributed by atoms with Gasteiger partial charge in [-0.05, 0) is 18.8 Å². The summed E-state index contributed by atoms with van der Waals surface area (Å²) < 4.78 is 42.3. The van der Waals surface area contributed by atoms with Crippen molar-refractivity contribution < 1.29 is 17.9 Å². The van der Waals surface area contributed by atoms with Gasteiger partial charge in [0.05, 0.1) is 12.5 Å².